The number of nitrogens with zero attached hydrogens (tertiary/aromatic N) is 2. The van der Waals surface area contributed by atoms with Crippen LogP contribution in [-0.4, -0.2) is 4.57 Å². The van der Waals surface area contributed by atoms with E-state index >= 15 is 0 Å². The Balaban J connectivity index is 1.66. The largest absolute Gasteiger partial charge is 0.489 e. The molecular weight excluding hydrogens is 344 g/mol. The molecule has 1 heterocycles. The second-order valence-electron chi connectivity index (χ2n) is 6.61. The number of rotatable bonds is 6. The summed E-state index contributed by atoms with van der Waals surface area (Å²) in [6.45, 7) is 1.31. The van der Waals surface area contributed by atoms with Crippen LogP contribution in [0.25, 0.3) is 17.0 Å². The number of benzene rings is 3. The van der Waals surface area contributed by atoms with Gasteiger partial charge in [-0.1, -0.05) is 60.7 Å². The van der Waals surface area contributed by atoms with Gasteiger partial charge in [0.25, 0.3) is 0 Å². The van der Waals surface area contributed by atoms with E-state index in [2.05, 4.69) is 53.2 Å². The van der Waals surface area contributed by atoms with Gasteiger partial charge in [-0.25, -0.2) is 0 Å². The highest BCUT2D eigenvalue weighted by molar-refractivity contribution is 5.91. The highest BCUT2D eigenvalue weighted by Crippen LogP contribution is 2.28. The number of aromatic nitrogens is 1. The van der Waals surface area contributed by atoms with Crippen LogP contribution in [-0.2, 0) is 13.2 Å². The normalized spacial score (nSPS) is 11.0. The fraction of sp³-hybridized carbons (Fsp3) is 0.0800. The van der Waals surface area contributed by atoms with Crippen molar-refractivity contribution in [2.45, 2.75) is 13.2 Å². The molecule has 136 valence electrons. The van der Waals surface area contributed by atoms with E-state index in [1.807, 2.05) is 48.5 Å². The summed E-state index contributed by atoms with van der Waals surface area (Å²) in [5.41, 5.74) is 4.50. The van der Waals surface area contributed by atoms with E-state index in [1.165, 1.54) is 11.6 Å². The van der Waals surface area contributed by atoms with Crippen LogP contribution >= 0.6 is 0 Å². The van der Waals surface area contributed by atoms with Gasteiger partial charge in [0.1, 0.15) is 12.4 Å². The third kappa shape index (κ3) is 3.97. The second-order valence-corrected chi connectivity index (χ2v) is 6.61. The second kappa shape index (κ2) is 8.28. The molecule has 3 aromatic carbocycles. The van der Waals surface area contributed by atoms with Gasteiger partial charge in [0.05, 0.1) is 6.07 Å². The Bertz CT molecular complexity index is 1140. The van der Waals surface area contributed by atoms with Crippen molar-refractivity contribution in [1.29, 1.82) is 5.26 Å². The van der Waals surface area contributed by atoms with Gasteiger partial charge in [-0.3, -0.25) is 0 Å². The monoisotopic (exact) mass is 364 g/mol. The smallest absolute Gasteiger partial charge is 0.120 e. The summed E-state index contributed by atoms with van der Waals surface area (Å²) in [5.74, 6) is 0.820. The number of allylic oxidation sites excluding steroid dienone is 1. The van der Waals surface area contributed by atoms with Crippen molar-refractivity contribution >= 4 is 17.0 Å². The molecule has 0 bridgehead atoms. The number of hydrogen-bond donors (Lipinski definition) is 0. The minimum atomic E-state index is 0.528. The first kappa shape index (κ1) is 17.6. The van der Waals surface area contributed by atoms with E-state index < -0.39 is 0 Å². The van der Waals surface area contributed by atoms with E-state index in [1.54, 1.807) is 0 Å². The van der Waals surface area contributed by atoms with Crippen molar-refractivity contribution in [2.24, 2.45) is 0 Å². The Kier molecular flexibility index (Phi) is 5.22. The number of nitriles is 1. The van der Waals surface area contributed by atoms with Crippen LogP contribution in [0.15, 0.2) is 91.1 Å². The molecule has 0 unspecified atom stereocenters. The first-order chi connectivity index (χ1) is 13.8. The number of fused-ring (bicyclic) bond motifs is 1. The van der Waals surface area contributed by atoms with Gasteiger partial charge in [-0.2, -0.15) is 5.26 Å². The quantitative estimate of drug-likeness (QED) is 0.405. The zero-order valence-corrected chi connectivity index (χ0v) is 15.5. The van der Waals surface area contributed by atoms with Crippen LogP contribution < -0.4 is 4.74 Å². The molecule has 1 aromatic heterocycles. The molecule has 28 heavy (non-hydrogen) atoms. The maximum atomic E-state index is 8.94. The lowest BCUT2D eigenvalue weighted by molar-refractivity contribution is 0.306. The summed E-state index contributed by atoms with van der Waals surface area (Å²) in [6.07, 6.45) is 5.45. The summed E-state index contributed by atoms with van der Waals surface area (Å²) in [6, 6.07) is 28.7. The summed E-state index contributed by atoms with van der Waals surface area (Å²) < 4.78 is 8.20. The lowest BCUT2D eigenvalue weighted by Gasteiger charge is -2.08. The predicted octanol–water partition coefficient (Wildman–Crippen LogP) is 5.81. The average Bonchev–Trinajstić information content (AvgIpc) is 3.09. The Morgan fingerprint density at radius 3 is 2.32 bits per heavy atom. The summed E-state index contributed by atoms with van der Waals surface area (Å²) in [7, 11) is 0. The van der Waals surface area contributed by atoms with Gasteiger partial charge in [-0.15, -0.1) is 0 Å². The summed E-state index contributed by atoms with van der Waals surface area (Å²) >= 11 is 0. The first-order valence-corrected chi connectivity index (χ1v) is 9.23. The molecular formula is C25H20N2O. The molecule has 0 aliphatic rings. The third-order valence-corrected chi connectivity index (χ3v) is 4.66. The van der Waals surface area contributed by atoms with Crippen molar-refractivity contribution in [3.63, 3.8) is 0 Å². The zero-order valence-electron chi connectivity index (χ0n) is 15.5. The molecule has 0 atom stereocenters. The van der Waals surface area contributed by atoms with Gasteiger partial charge < -0.3 is 9.30 Å². The molecule has 0 N–H and O–H groups in total. The fourth-order valence-electron chi connectivity index (χ4n) is 3.31. The first-order valence-electron chi connectivity index (χ1n) is 9.23. The van der Waals surface area contributed by atoms with Gasteiger partial charge in [0.2, 0.25) is 0 Å². The summed E-state index contributed by atoms with van der Waals surface area (Å²) in [5, 5.41) is 10.0. The third-order valence-electron chi connectivity index (χ3n) is 4.66. The fourth-order valence-corrected chi connectivity index (χ4v) is 3.31. The topological polar surface area (TPSA) is 38.0 Å². The van der Waals surface area contributed by atoms with E-state index in [0.29, 0.717) is 6.61 Å². The average molecular weight is 364 g/mol. The van der Waals surface area contributed by atoms with Crippen molar-refractivity contribution in [3.8, 4) is 11.8 Å². The summed E-state index contributed by atoms with van der Waals surface area (Å²) in [4.78, 5) is 0. The highest BCUT2D eigenvalue weighted by Gasteiger charge is 2.09. The van der Waals surface area contributed by atoms with Gasteiger partial charge in [-0.05, 0) is 35.4 Å². The van der Waals surface area contributed by atoms with Crippen LogP contribution in [0.1, 0.15) is 16.7 Å². The van der Waals surface area contributed by atoms with E-state index in [4.69, 9.17) is 10.00 Å². The molecule has 3 nitrogen and oxygen atoms in total. The van der Waals surface area contributed by atoms with Crippen LogP contribution in [0.3, 0.4) is 0 Å². The predicted molar refractivity (Wildman–Crippen MR) is 113 cm³/mol. The molecule has 0 fully saturated rings. The van der Waals surface area contributed by atoms with Crippen molar-refractivity contribution < 1.29 is 4.74 Å². The molecule has 0 amide bonds. The Morgan fingerprint density at radius 1 is 0.893 bits per heavy atom. The molecule has 0 saturated carbocycles. The Hall–Kier alpha value is -3.77. The number of hydrogen-bond acceptors (Lipinski definition) is 2. The molecule has 0 aliphatic carbocycles. The SMILES string of the molecule is N#C/C=C/c1cn(Cc2ccccc2)c2ccc(OCc3ccccc3)cc12. The molecule has 3 heteroatoms. The maximum absolute atomic E-state index is 8.94. The van der Waals surface area contributed by atoms with E-state index in [0.717, 1.165) is 34.3 Å². The van der Waals surface area contributed by atoms with E-state index in [-0.39, 0.29) is 0 Å². The Labute approximate surface area is 164 Å². The zero-order chi connectivity index (χ0) is 19.2. The lowest BCUT2D eigenvalue weighted by atomic mass is 10.1. The van der Waals surface area contributed by atoms with Gasteiger partial charge >= 0.3 is 0 Å². The maximum Gasteiger partial charge on any atom is 0.120 e. The van der Waals surface area contributed by atoms with Crippen molar-refractivity contribution in [3.05, 3.63) is 108 Å². The standard InChI is InChI=1S/C25H20N2O/c26-15-7-12-22-18-27(17-20-8-3-1-4-9-20)25-14-13-23(16-24(22)25)28-19-21-10-5-2-6-11-21/h1-14,16,18H,17,19H2/b12-7+. The molecule has 4 rings (SSSR count). The molecule has 0 radical (unpaired) electrons. The minimum Gasteiger partial charge on any atom is -0.489 e. The minimum absolute atomic E-state index is 0.528. The molecule has 0 saturated heterocycles. The van der Waals surface area contributed by atoms with Crippen molar-refractivity contribution in [2.75, 3.05) is 0 Å². The highest BCUT2D eigenvalue weighted by atomic mass is 16.5. The van der Waals surface area contributed by atoms with Gasteiger partial charge in [0, 0.05) is 35.3 Å². The Morgan fingerprint density at radius 2 is 1.61 bits per heavy atom. The lowest BCUT2D eigenvalue weighted by Crippen LogP contribution is -1.98. The van der Waals surface area contributed by atoms with Crippen LogP contribution in [0.4, 0.5) is 0 Å². The molecule has 0 spiro atoms. The van der Waals surface area contributed by atoms with Crippen molar-refractivity contribution in [1.82, 2.24) is 4.57 Å². The van der Waals surface area contributed by atoms with Crippen LogP contribution in [0.2, 0.25) is 0 Å². The van der Waals surface area contributed by atoms with Crippen LogP contribution in [0.5, 0.6) is 5.75 Å². The van der Waals surface area contributed by atoms with E-state index in [9.17, 15) is 0 Å². The van der Waals surface area contributed by atoms with Gasteiger partial charge in [0.15, 0.2) is 0 Å². The molecule has 0 aliphatic heterocycles. The molecule has 4 aromatic rings. The number of ether oxygens (including phenoxy) is 1. The van der Waals surface area contributed by atoms with Crippen LogP contribution in [0, 0.1) is 11.3 Å².